The van der Waals surface area contributed by atoms with Gasteiger partial charge in [0.1, 0.15) is 0 Å². The lowest BCUT2D eigenvalue weighted by atomic mass is 10.4. The lowest BCUT2D eigenvalue weighted by Gasteiger charge is -2.10. The van der Waals surface area contributed by atoms with Crippen molar-refractivity contribution in [3.05, 3.63) is 11.9 Å². The van der Waals surface area contributed by atoms with Gasteiger partial charge in [-0.05, 0) is 51.1 Å². The highest BCUT2D eigenvalue weighted by Gasteiger charge is 1.99. The van der Waals surface area contributed by atoms with Gasteiger partial charge in [-0.2, -0.15) is 0 Å². The van der Waals surface area contributed by atoms with E-state index in [-0.39, 0.29) is 7.92 Å². The van der Waals surface area contributed by atoms with E-state index in [1.165, 1.54) is 50.6 Å². The van der Waals surface area contributed by atoms with Crippen molar-refractivity contribution in [2.45, 2.75) is 46.0 Å². The molecule has 0 aromatic carbocycles. The van der Waals surface area contributed by atoms with E-state index in [2.05, 4.69) is 39.1 Å². The normalized spacial score (nSPS) is 15.5. The number of allylic oxidation sites excluding steroid dienone is 1. The molecular weight excluding hydrogens is 230 g/mol. The van der Waals surface area contributed by atoms with Gasteiger partial charge in [0.15, 0.2) is 0 Å². The highest BCUT2D eigenvalue weighted by atomic mass is 31.1. The van der Waals surface area contributed by atoms with Crippen molar-refractivity contribution in [1.29, 1.82) is 0 Å². The summed E-state index contributed by atoms with van der Waals surface area (Å²) in [5.41, 5.74) is 0. The molecule has 0 bridgehead atoms. The fourth-order valence-corrected chi connectivity index (χ4v) is 4.71. The second kappa shape index (κ2) is 12.1. The maximum atomic E-state index is 2.49. The van der Waals surface area contributed by atoms with Crippen molar-refractivity contribution >= 4 is 15.8 Å². The van der Waals surface area contributed by atoms with E-state index in [0.29, 0.717) is 7.92 Å². The van der Waals surface area contributed by atoms with Crippen LogP contribution in [0.3, 0.4) is 0 Å². The van der Waals surface area contributed by atoms with E-state index in [1.54, 1.807) is 0 Å². The zero-order valence-electron chi connectivity index (χ0n) is 11.7. The van der Waals surface area contributed by atoms with Crippen LogP contribution in [-0.4, -0.2) is 31.8 Å². The third-order valence-electron chi connectivity index (χ3n) is 2.80. The molecule has 0 fully saturated rings. The molecule has 0 N–H and O–H groups in total. The first-order valence-electron chi connectivity index (χ1n) is 6.76. The predicted octanol–water partition coefficient (Wildman–Crippen LogP) is 5.71. The fraction of sp³-hybridized carbons (Fsp3) is 0.857. The number of hydrogen-bond acceptors (Lipinski definition) is 0. The van der Waals surface area contributed by atoms with Crippen LogP contribution in [0.25, 0.3) is 0 Å². The summed E-state index contributed by atoms with van der Waals surface area (Å²) < 4.78 is 0. The molecule has 0 radical (unpaired) electrons. The smallest absolute Gasteiger partial charge is 0.0294 e. The summed E-state index contributed by atoms with van der Waals surface area (Å²) >= 11 is 0. The average Bonchev–Trinajstić information content (AvgIpc) is 2.29. The van der Waals surface area contributed by atoms with Crippen LogP contribution in [0.1, 0.15) is 46.0 Å². The second-order valence-corrected chi connectivity index (χ2v) is 9.53. The summed E-state index contributed by atoms with van der Waals surface area (Å²) in [4.78, 5) is 0. The van der Waals surface area contributed by atoms with E-state index in [9.17, 15) is 0 Å². The van der Waals surface area contributed by atoms with Crippen LogP contribution in [0.2, 0.25) is 0 Å². The highest BCUT2D eigenvalue weighted by Crippen LogP contribution is 2.35. The van der Waals surface area contributed by atoms with Crippen molar-refractivity contribution in [2.24, 2.45) is 0 Å². The van der Waals surface area contributed by atoms with Crippen LogP contribution < -0.4 is 0 Å². The SMILES string of the molecule is CCCCP(C)/C=C/CCP(C)CCCC. The first kappa shape index (κ1) is 16.6. The molecule has 2 atom stereocenters. The van der Waals surface area contributed by atoms with Crippen LogP contribution in [0.4, 0.5) is 0 Å². The third kappa shape index (κ3) is 11.1. The van der Waals surface area contributed by atoms with Gasteiger partial charge in [-0.15, -0.1) is 7.92 Å². The number of unbranched alkanes of at least 4 members (excludes halogenated alkanes) is 2. The van der Waals surface area contributed by atoms with Crippen molar-refractivity contribution in [3.63, 3.8) is 0 Å². The van der Waals surface area contributed by atoms with Crippen LogP contribution in [-0.2, 0) is 0 Å². The molecule has 0 aliphatic carbocycles. The molecule has 0 aliphatic rings. The molecule has 0 saturated carbocycles. The van der Waals surface area contributed by atoms with Crippen LogP contribution in [0.15, 0.2) is 11.9 Å². The molecule has 0 aliphatic heterocycles. The van der Waals surface area contributed by atoms with Crippen molar-refractivity contribution < 1.29 is 0 Å². The Hall–Kier alpha value is 0.600. The van der Waals surface area contributed by atoms with Crippen molar-refractivity contribution in [2.75, 3.05) is 31.8 Å². The van der Waals surface area contributed by atoms with E-state index < -0.39 is 0 Å². The molecule has 0 heterocycles. The molecule has 2 heteroatoms. The van der Waals surface area contributed by atoms with Crippen LogP contribution in [0, 0.1) is 0 Å². The molecule has 0 amide bonds. The Morgan fingerprint density at radius 1 is 0.875 bits per heavy atom. The zero-order chi connectivity index (χ0) is 12.2. The Morgan fingerprint density at radius 3 is 2.12 bits per heavy atom. The number of hydrogen-bond donors (Lipinski definition) is 0. The first-order valence-corrected chi connectivity index (χ1v) is 11.0. The minimum Gasteiger partial charge on any atom is -0.110 e. The maximum Gasteiger partial charge on any atom is -0.0294 e. The summed E-state index contributed by atoms with van der Waals surface area (Å²) in [5.74, 6) is 2.49. The van der Waals surface area contributed by atoms with Gasteiger partial charge in [0.05, 0.1) is 0 Å². The van der Waals surface area contributed by atoms with Crippen molar-refractivity contribution in [1.82, 2.24) is 0 Å². The van der Waals surface area contributed by atoms with Crippen LogP contribution >= 0.6 is 15.8 Å². The molecule has 0 nitrogen and oxygen atoms in total. The number of rotatable bonds is 10. The van der Waals surface area contributed by atoms with E-state index in [4.69, 9.17) is 0 Å². The summed E-state index contributed by atoms with van der Waals surface area (Å²) in [6, 6.07) is 0. The Balaban J connectivity index is 3.44. The quantitative estimate of drug-likeness (QED) is 0.441. The van der Waals surface area contributed by atoms with Gasteiger partial charge in [0.25, 0.3) is 0 Å². The highest BCUT2D eigenvalue weighted by molar-refractivity contribution is 7.60. The lowest BCUT2D eigenvalue weighted by Crippen LogP contribution is -1.87. The molecule has 2 unspecified atom stereocenters. The molecule has 0 spiro atoms. The topological polar surface area (TPSA) is 0 Å². The minimum absolute atomic E-state index is 0.198. The standard InChI is InChI=1S/C14H30P2/c1-5-7-11-15(3)13-9-10-14-16(4)12-8-6-2/h9,13H,5-8,10-12,14H2,1-4H3/b13-9+. The predicted molar refractivity (Wildman–Crippen MR) is 83.9 cm³/mol. The van der Waals surface area contributed by atoms with Gasteiger partial charge < -0.3 is 0 Å². The Morgan fingerprint density at radius 2 is 1.50 bits per heavy atom. The Bertz CT molecular complexity index is 166. The molecule has 0 rings (SSSR count). The molecule has 96 valence electrons. The van der Waals surface area contributed by atoms with Gasteiger partial charge in [-0.1, -0.05) is 46.5 Å². The molecule has 0 aromatic heterocycles. The lowest BCUT2D eigenvalue weighted by molar-refractivity contribution is 0.890. The minimum atomic E-state index is 0.198. The van der Waals surface area contributed by atoms with E-state index in [1.807, 2.05) is 0 Å². The molecule has 0 saturated heterocycles. The van der Waals surface area contributed by atoms with Crippen molar-refractivity contribution in [3.8, 4) is 0 Å². The second-order valence-electron chi connectivity index (χ2n) is 4.66. The summed E-state index contributed by atoms with van der Waals surface area (Å²) in [6.07, 6.45) is 13.7. The van der Waals surface area contributed by atoms with Gasteiger partial charge >= 0.3 is 0 Å². The summed E-state index contributed by atoms with van der Waals surface area (Å²) in [7, 11) is 0.526. The summed E-state index contributed by atoms with van der Waals surface area (Å²) in [5, 5.41) is 0. The fourth-order valence-electron chi connectivity index (χ4n) is 1.57. The van der Waals surface area contributed by atoms with Gasteiger partial charge in [0, 0.05) is 0 Å². The van der Waals surface area contributed by atoms with Crippen LogP contribution in [0.5, 0.6) is 0 Å². The van der Waals surface area contributed by atoms with Gasteiger partial charge in [-0.25, -0.2) is 0 Å². The first-order chi connectivity index (χ1) is 7.70. The zero-order valence-corrected chi connectivity index (χ0v) is 13.5. The van der Waals surface area contributed by atoms with E-state index in [0.717, 1.165) is 0 Å². The van der Waals surface area contributed by atoms with E-state index >= 15 is 0 Å². The van der Waals surface area contributed by atoms with Gasteiger partial charge in [-0.3, -0.25) is 0 Å². The third-order valence-corrected chi connectivity index (χ3v) is 6.64. The Labute approximate surface area is 106 Å². The summed E-state index contributed by atoms with van der Waals surface area (Å²) in [6.45, 7) is 9.45. The average molecular weight is 260 g/mol. The largest absolute Gasteiger partial charge is 0.110 e. The molecule has 16 heavy (non-hydrogen) atoms. The monoisotopic (exact) mass is 260 g/mol. The van der Waals surface area contributed by atoms with Gasteiger partial charge in [0.2, 0.25) is 0 Å². The molecule has 0 aromatic rings. The molecular formula is C14H30P2. The Kier molecular flexibility index (Phi) is 12.5. The maximum absolute atomic E-state index is 2.49.